The van der Waals surface area contributed by atoms with E-state index >= 15 is 0 Å². The third-order valence-corrected chi connectivity index (χ3v) is 4.27. The maximum Gasteiger partial charge on any atom is 0.244 e. The first kappa shape index (κ1) is 15.4. The van der Waals surface area contributed by atoms with Gasteiger partial charge in [0.15, 0.2) is 11.0 Å². The number of rotatable bonds is 4. The van der Waals surface area contributed by atoms with Gasteiger partial charge in [-0.25, -0.2) is 19.6 Å². The van der Waals surface area contributed by atoms with Crippen molar-refractivity contribution >= 4 is 23.2 Å². The van der Waals surface area contributed by atoms with Gasteiger partial charge in [-0.1, -0.05) is 36.4 Å². The molecule has 4 rings (SSSR count). The second-order valence-electron chi connectivity index (χ2n) is 6.11. The van der Waals surface area contributed by atoms with Crippen LogP contribution in [-0.4, -0.2) is 29.8 Å². The summed E-state index contributed by atoms with van der Waals surface area (Å²) in [5.41, 5.74) is 7.70. The fourth-order valence-corrected chi connectivity index (χ4v) is 3.01. The third-order valence-electron chi connectivity index (χ3n) is 4.27. The van der Waals surface area contributed by atoms with Crippen molar-refractivity contribution in [2.45, 2.75) is 6.54 Å². The maximum atomic E-state index is 4.23. The molecule has 2 N–H and O–H groups in total. The Balaban J connectivity index is 1.45. The Morgan fingerprint density at radius 3 is 2.88 bits per heavy atom. The molecular weight excluding hydrogens is 312 g/mol. The topological polar surface area (TPSA) is 57.6 Å². The van der Waals surface area contributed by atoms with E-state index in [0.29, 0.717) is 0 Å². The highest BCUT2D eigenvalue weighted by Gasteiger charge is 2.12. The Bertz CT molecular complexity index is 936. The zero-order valence-corrected chi connectivity index (χ0v) is 14.2. The molecule has 0 spiro atoms. The van der Waals surface area contributed by atoms with Crippen LogP contribution in [0.1, 0.15) is 11.1 Å². The molecule has 0 bridgehead atoms. The van der Waals surface area contributed by atoms with Crippen LogP contribution < -0.4 is 15.3 Å². The highest BCUT2D eigenvalue weighted by molar-refractivity contribution is 5.84. The molecule has 0 unspecified atom stereocenters. The van der Waals surface area contributed by atoms with Gasteiger partial charge in [-0.05, 0) is 23.3 Å². The monoisotopic (exact) mass is 333 g/mol. The van der Waals surface area contributed by atoms with Crippen LogP contribution in [0.4, 0.5) is 0 Å². The van der Waals surface area contributed by atoms with Gasteiger partial charge in [-0.15, -0.1) is 0 Å². The molecule has 0 aliphatic carbocycles. The van der Waals surface area contributed by atoms with Crippen molar-refractivity contribution in [3.8, 4) is 0 Å². The summed E-state index contributed by atoms with van der Waals surface area (Å²) in [6, 6.07) is 16.9. The number of aliphatic imine (C=N–C) groups is 1. The smallest absolute Gasteiger partial charge is 0.244 e. The van der Waals surface area contributed by atoms with Crippen molar-refractivity contribution in [3.63, 3.8) is 0 Å². The van der Waals surface area contributed by atoms with Crippen LogP contribution in [0.15, 0.2) is 65.0 Å². The number of benzene rings is 2. The molecule has 2 heterocycles. The summed E-state index contributed by atoms with van der Waals surface area (Å²) in [6.45, 7) is 2.52. The number of hydrogen-bond donors (Lipinski definition) is 2. The Kier molecular flexibility index (Phi) is 4.16. The predicted molar refractivity (Wildman–Crippen MR) is 99.7 cm³/mol. The summed E-state index contributed by atoms with van der Waals surface area (Å²) in [5, 5.41) is 7.32. The molecule has 6 heteroatoms. The van der Waals surface area contributed by atoms with Gasteiger partial charge >= 0.3 is 0 Å². The van der Waals surface area contributed by atoms with Crippen LogP contribution in [0.3, 0.4) is 0 Å². The molecule has 0 amide bonds. The number of aromatic nitrogens is 2. The van der Waals surface area contributed by atoms with E-state index in [0.717, 1.165) is 31.2 Å². The van der Waals surface area contributed by atoms with Gasteiger partial charge in [0.25, 0.3) is 0 Å². The lowest BCUT2D eigenvalue weighted by Crippen LogP contribution is -2.30. The molecule has 3 aromatic rings. The molecule has 0 radical (unpaired) electrons. The lowest BCUT2D eigenvalue weighted by molar-refractivity contribution is -0.645. The van der Waals surface area contributed by atoms with E-state index in [-0.39, 0.29) is 0 Å². The molecule has 1 aromatic heterocycles. The van der Waals surface area contributed by atoms with Crippen LogP contribution in [0.5, 0.6) is 0 Å². The van der Waals surface area contributed by atoms with Crippen LogP contribution in [0.2, 0.25) is 0 Å². The number of aryl methyl sites for hydroxylation is 1. The SMILES string of the molecule is C[n+]1cn(Cc2ccc(/C=N/NC3=NCCN3)cc2)c2ccccc21. The molecule has 0 saturated carbocycles. The third kappa shape index (κ3) is 3.38. The Morgan fingerprint density at radius 2 is 2.08 bits per heavy atom. The van der Waals surface area contributed by atoms with E-state index in [4.69, 9.17) is 0 Å². The van der Waals surface area contributed by atoms with Crippen molar-refractivity contribution in [2.24, 2.45) is 17.1 Å². The van der Waals surface area contributed by atoms with Crippen molar-refractivity contribution in [1.29, 1.82) is 0 Å². The second-order valence-corrected chi connectivity index (χ2v) is 6.11. The van der Waals surface area contributed by atoms with E-state index in [2.05, 4.69) is 91.9 Å². The van der Waals surface area contributed by atoms with Gasteiger partial charge in [0.2, 0.25) is 12.3 Å². The predicted octanol–water partition coefficient (Wildman–Crippen LogP) is 1.40. The van der Waals surface area contributed by atoms with Crippen LogP contribution >= 0.6 is 0 Å². The average molecular weight is 333 g/mol. The summed E-state index contributed by atoms with van der Waals surface area (Å²) in [7, 11) is 2.08. The van der Waals surface area contributed by atoms with Crippen molar-refractivity contribution in [1.82, 2.24) is 15.3 Å². The summed E-state index contributed by atoms with van der Waals surface area (Å²) >= 11 is 0. The zero-order valence-electron chi connectivity index (χ0n) is 14.2. The fraction of sp³-hybridized carbons (Fsp3) is 0.211. The number of para-hydroxylation sites is 2. The van der Waals surface area contributed by atoms with Gasteiger partial charge in [0.05, 0.1) is 19.8 Å². The molecule has 6 nitrogen and oxygen atoms in total. The summed E-state index contributed by atoms with van der Waals surface area (Å²) in [4.78, 5) is 4.23. The van der Waals surface area contributed by atoms with E-state index in [1.165, 1.54) is 16.6 Å². The number of imidazole rings is 1. The maximum absolute atomic E-state index is 4.23. The largest absolute Gasteiger partial charge is 0.353 e. The lowest BCUT2D eigenvalue weighted by atomic mass is 10.1. The highest BCUT2D eigenvalue weighted by Crippen LogP contribution is 2.13. The van der Waals surface area contributed by atoms with E-state index in [1.54, 1.807) is 6.21 Å². The van der Waals surface area contributed by atoms with Crippen LogP contribution in [0.25, 0.3) is 11.0 Å². The van der Waals surface area contributed by atoms with E-state index < -0.39 is 0 Å². The normalized spacial score (nSPS) is 14.0. The summed E-state index contributed by atoms with van der Waals surface area (Å²) in [5.74, 6) is 0.736. The molecule has 0 atom stereocenters. The summed E-state index contributed by atoms with van der Waals surface area (Å²) in [6.07, 6.45) is 3.94. The Morgan fingerprint density at radius 1 is 1.24 bits per heavy atom. The number of hydrogen-bond acceptors (Lipinski definition) is 4. The van der Waals surface area contributed by atoms with Crippen LogP contribution in [-0.2, 0) is 13.6 Å². The first-order valence-corrected chi connectivity index (χ1v) is 8.39. The van der Waals surface area contributed by atoms with Gasteiger partial charge in [-0.3, -0.25) is 0 Å². The molecule has 25 heavy (non-hydrogen) atoms. The Labute approximate surface area is 146 Å². The highest BCUT2D eigenvalue weighted by atomic mass is 15.4. The Hall–Kier alpha value is -3.15. The van der Waals surface area contributed by atoms with Crippen molar-refractivity contribution in [2.75, 3.05) is 13.1 Å². The van der Waals surface area contributed by atoms with E-state index in [9.17, 15) is 0 Å². The first-order chi connectivity index (χ1) is 12.3. The second kappa shape index (κ2) is 6.76. The average Bonchev–Trinajstić information content (AvgIpc) is 3.26. The standard InChI is InChI=1S/C19H21N6/c1-24-14-25(18-5-3-2-4-17(18)24)13-16-8-6-15(7-9-16)12-22-23-19-20-10-11-21-19/h2-9,12,14H,10-11,13H2,1H3,(H2,20,21,23)/q+1/b22-12+. The number of nitrogens with one attached hydrogen (secondary N) is 2. The molecule has 2 aromatic carbocycles. The number of fused-ring (bicyclic) bond motifs is 1. The molecule has 126 valence electrons. The minimum atomic E-state index is 0.736. The molecular formula is C19H21N6+. The zero-order chi connectivity index (χ0) is 17.1. The number of guanidine groups is 1. The molecule has 1 aliphatic rings. The van der Waals surface area contributed by atoms with Crippen molar-refractivity contribution in [3.05, 3.63) is 66.0 Å². The van der Waals surface area contributed by atoms with Crippen LogP contribution in [0, 0.1) is 0 Å². The van der Waals surface area contributed by atoms with Gasteiger partial charge in [0, 0.05) is 6.54 Å². The minimum Gasteiger partial charge on any atom is -0.353 e. The molecule has 0 fully saturated rings. The number of nitrogens with zero attached hydrogens (tertiary/aromatic N) is 4. The lowest BCUT2D eigenvalue weighted by Gasteiger charge is -2.01. The summed E-state index contributed by atoms with van der Waals surface area (Å²) < 4.78 is 4.42. The first-order valence-electron chi connectivity index (χ1n) is 8.39. The fourth-order valence-electron chi connectivity index (χ4n) is 3.01. The number of hydrazone groups is 1. The van der Waals surface area contributed by atoms with Crippen molar-refractivity contribution < 1.29 is 4.57 Å². The minimum absolute atomic E-state index is 0.736. The molecule has 1 aliphatic heterocycles. The van der Waals surface area contributed by atoms with Gasteiger partial charge < -0.3 is 5.32 Å². The van der Waals surface area contributed by atoms with Gasteiger partial charge in [0.1, 0.15) is 6.54 Å². The quantitative estimate of drug-likeness (QED) is 0.431. The van der Waals surface area contributed by atoms with E-state index in [1.807, 2.05) is 0 Å². The van der Waals surface area contributed by atoms with Gasteiger partial charge in [-0.2, -0.15) is 5.10 Å². The molecule has 0 saturated heterocycles.